The van der Waals surface area contributed by atoms with Gasteiger partial charge < -0.3 is 15.0 Å². The summed E-state index contributed by atoms with van der Waals surface area (Å²) in [6.07, 6.45) is 1.32. The monoisotopic (exact) mass is 238 g/mol. The third-order valence-corrected chi connectivity index (χ3v) is 2.20. The fourth-order valence-corrected chi connectivity index (χ4v) is 1.26. The second-order valence-electron chi connectivity index (χ2n) is 3.61. The van der Waals surface area contributed by atoms with Crippen molar-refractivity contribution in [3.05, 3.63) is 33.7 Å². The highest BCUT2D eigenvalue weighted by Gasteiger charge is 2.18. The molecule has 1 amide bonds. The molecule has 1 rings (SSSR count). The van der Waals surface area contributed by atoms with Gasteiger partial charge in [-0.15, -0.1) is 0 Å². The number of methoxy groups -OCH3 is 1. The fourth-order valence-electron chi connectivity index (χ4n) is 1.26. The van der Waals surface area contributed by atoms with Gasteiger partial charge >= 0.3 is 5.97 Å². The standard InChI is InChI=1S/C11H14N2O4/c1-6-4-9(14)8(5-12-6)10(15)13-7(2)11(16)17-3/h4-5,7H,1-3H3,(H,12,14)(H,13,15)/t7-/m0/s1. The zero-order valence-electron chi connectivity index (χ0n) is 9.87. The van der Waals surface area contributed by atoms with Gasteiger partial charge in [-0.05, 0) is 13.8 Å². The molecule has 1 heterocycles. The van der Waals surface area contributed by atoms with Crippen molar-refractivity contribution in [1.29, 1.82) is 0 Å². The molecule has 0 spiro atoms. The zero-order chi connectivity index (χ0) is 13.0. The number of aromatic nitrogens is 1. The summed E-state index contributed by atoms with van der Waals surface area (Å²) in [4.78, 5) is 37.0. The number of carbonyl (C=O) groups excluding carboxylic acids is 2. The van der Waals surface area contributed by atoms with Gasteiger partial charge in [-0.3, -0.25) is 9.59 Å². The van der Waals surface area contributed by atoms with Crippen LogP contribution >= 0.6 is 0 Å². The second kappa shape index (κ2) is 5.29. The maximum atomic E-state index is 11.7. The quantitative estimate of drug-likeness (QED) is 0.724. The molecule has 0 fully saturated rings. The van der Waals surface area contributed by atoms with E-state index in [-0.39, 0.29) is 5.56 Å². The van der Waals surface area contributed by atoms with Gasteiger partial charge in [-0.2, -0.15) is 0 Å². The molecule has 1 aromatic heterocycles. The SMILES string of the molecule is COC(=O)[C@H](C)NC(=O)c1c[nH]c(C)cc1=O. The molecule has 0 bridgehead atoms. The molecule has 0 aliphatic carbocycles. The molecule has 0 aliphatic heterocycles. The van der Waals surface area contributed by atoms with Gasteiger partial charge in [-0.25, -0.2) is 4.79 Å². The molecule has 1 aromatic rings. The molecule has 1 atom stereocenters. The van der Waals surface area contributed by atoms with E-state index in [9.17, 15) is 14.4 Å². The number of aromatic amines is 1. The third kappa shape index (κ3) is 3.17. The van der Waals surface area contributed by atoms with Crippen molar-refractivity contribution in [3.63, 3.8) is 0 Å². The Morgan fingerprint density at radius 3 is 2.65 bits per heavy atom. The maximum absolute atomic E-state index is 11.7. The number of pyridine rings is 1. The first-order valence-electron chi connectivity index (χ1n) is 5.03. The van der Waals surface area contributed by atoms with Gasteiger partial charge in [0.15, 0.2) is 5.43 Å². The van der Waals surface area contributed by atoms with E-state index in [0.717, 1.165) is 0 Å². The summed E-state index contributed by atoms with van der Waals surface area (Å²) in [5, 5.41) is 2.37. The van der Waals surface area contributed by atoms with Crippen molar-refractivity contribution in [2.45, 2.75) is 19.9 Å². The maximum Gasteiger partial charge on any atom is 0.328 e. The third-order valence-electron chi connectivity index (χ3n) is 2.20. The molecule has 6 heteroatoms. The Kier molecular flexibility index (Phi) is 4.03. The highest BCUT2D eigenvalue weighted by molar-refractivity contribution is 5.96. The van der Waals surface area contributed by atoms with E-state index in [1.54, 1.807) is 6.92 Å². The molecular weight excluding hydrogens is 224 g/mol. The average Bonchev–Trinajstić information content (AvgIpc) is 2.27. The molecular formula is C11H14N2O4. The highest BCUT2D eigenvalue weighted by atomic mass is 16.5. The fraction of sp³-hybridized carbons (Fsp3) is 0.364. The number of hydrogen-bond donors (Lipinski definition) is 2. The number of nitrogens with one attached hydrogen (secondary N) is 2. The van der Waals surface area contributed by atoms with Crippen LogP contribution in [0.3, 0.4) is 0 Å². The summed E-state index contributed by atoms with van der Waals surface area (Å²) in [7, 11) is 1.23. The number of amides is 1. The summed E-state index contributed by atoms with van der Waals surface area (Å²) >= 11 is 0. The van der Waals surface area contributed by atoms with Crippen molar-refractivity contribution in [3.8, 4) is 0 Å². The van der Waals surface area contributed by atoms with Gasteiger partial charge in [0.05, 0.1) is 7.11 Å². The molecule has 0 unspecified atom stereocenters. The van der Waals surface area contributed by atoms with Crippen LogP contribution in [-0.4, -0.2) is 30.0 Å². The van der Waals surface area contributed by atoms with E-state index < -0.39 is 23.3 Å². The smallest absolute Gasteiger partial charge is 0.328 e. The molecule has 0 aliphatic rings. The van der Waals surface area contributed by atoms with Crippen molar-refractivity contribution >= 4 is 11.9 Å². The van der Waals surface area contributed by atoms with Crippen LogP contribution in [0.4, 0.5) is 0 Å². The lowest BCUT2D eigenvalue weighted by Gasteiger charge is -2.10. The van der Waals surface area contributed by atoms with E-state index >= 15 is 0 Å². The van der Waals surface area contributed by atoms with E-state index in [1.807, 2.05) is 0 Å². The summed E-state index contributed by atoms with van der Waals surface area (Å²) < 4.78 is 4.46. The van der Waals surface area contributed by atoms with E-state index in [4.69, 9.17) is 0 Å². The van der Waals surface area contributed by atoms with Crippen LogP contribution < -0.4 is 10.7 Å². The van der Waals surface area contributed by atoms with Gasteiger partial charge in [0.2, 0.25) is 0 Å². The van der Waals surface area contributed by atoms with Crippen molar-refractivity contribution < 1.29 is 14.3 Å². The van der Waals surface area contributed by atoms with Crippen LogP contribution in [0.15, 0.2) is 17.1 Å². The van der Waals surface area contributed by atoms with Gasteiger partial charge in [0.25, 0.3) is 5.91 Å². The molecule has 0 radical (unpaired) electrons. The van der Waals surface area contributed by atoms with Gasteiger partial charge in [0, 0.05) is 18.0 Å². The topological polar surface area (TPSA) is 88.3 Å². The Hall–Kier alpha value is -2.11. The first-order valence-corrected chi connectivity index (χ1v) is 5.03. The number of esters is 1. The lowest BCUT2D eigenvalue weighted by Crippen LogP contribution is -2.40. The van der Waals surface area contributed by atoms with Crippen LogP contribution in [-0.2, 0) is 9.53 Å². The first-order chi connectivity index (χ1) is 7.95. The number of carbonyl (C=O) groups is 2. The normalized spacial score (nSPS) is 11.7. The summed E-state index contributed by atoms with van der Waals surface area (Å²) in [6.45, 7) is 3.19. The number of ether oxygens (including phenoxy) is 1. The molecule has 0 saturated heterocycles. The van der Waals surface area contributed by atoms with Crippen LogP contribution in [0.2, 0.25) is 0 Å². The lowest BCUT2D eigenvalue weighted by molar-refractivity contribution is -0.142. The Labute approximate surface area is 98.0 Å². The summed E-state index contributed by atoms with van der Waals surface area (Å²) in [6, 6.07) is 0.519. The van der Waals surface area contributed by atoms with Crippen LogP contribution in [0, 0.1) is 6.92 Å². The second-order valence-corrected chi connectivity index (χ2v) is 3.61. The van der Waals surface area contributed by atoms with Crippen molar-refractivity contribution in [2.75, 3.05) is 7.11 Å². The number of H-pyrrole nitrogens is 1. The van der Waals surface area contributed by atoms with Gasteiger partial charge in [-0.1, -0.05) is 0 Å². The molecule has 2 N–H and O–H groups in total. The Morgan fingerprint density at radius 2 is 2.12 bits per heavy atom. The van der Waals surface area contributed by atoms with Crippen LogP contribution in [0.25, 0.3) is 0 Å². The Bertz CT molecular complexity index is 492. The van der Waals surface area contributed by atoms with E-state index in [1.165, 1.54) is 26.3 Å². The van der Waals surface area contributed by atoms with Crippen molar-refractivity contribution in [1.82, 2.24) is 10.3 Å². The number of hydrogen-bond acceptors (Lipinski definition) is 4. The molecule has 0 saturated carbocycles. The molecule has 0 aromatic carbocycles. The number of aryl methyl sites for hydroxylation is 1. The van der Waals surface area contributed by atoms with Crippen LogP contribution in [0.1, 0.15) is 23.0 Å². The highest BCUT2D eigenvalue weighted by Crippen LogP contribution is 1.94. The predicted molar refractivity (Wildman–Crippen MR) is 60.7 cm³/mol. The van der Waals surface area contributed by atoms with Gasteiger partial charge in [0.1, 0.15) is 11.6 Å². The first kappa shape index (κ1) is 13.0. The molecule has 6 nitrogen and oxygen atoms in total. The molecule has 92 valence electrons. The molecule has 17 heavy (non-hydrogen) atoms. The summed E-state index contributed by atoms with van der Waals surface area (Å²) in [5.41, 5.74) is 0.231. The average molecular weight is 238 g/mol. The predicted octanol–water partition coefficient (Wildman–Crippen LogP) is -0.0254. The van der Waals surface area contributed by atoms with Crippen LogP contribution in [0.5, 0.6) is 0 Å². The number of rotatable bonds is 3. The van der Waals surface area contributed by atoms with E-state index in [0.29, 0.717) is 5.69 Å². The van der Waals surface area contributed by atoms with Crippen molar-refractivity contribution in [2.24, 2.45) is 0 Å². The minimum atomic E-state index is -0.798. The zero-order valence-corrected chi connectivity index (χ0v) is 9.87. The Morgan fingerprint density at radius 1 is 1.47 bits per heavy atom. The largest absolute Gasteiger partial charge is 0.467 e. The summed E-state index contributed by atoms with van der Waals surface area (Å²) in [5.74, 6) is -1.17. The minimum Gasteiger partial charge on any atom is -0.467 e. The Balaban J connectivity index is 2.84. The lowest BCUT2D eigenvalue weighted by atomic mass is 10.2. The van der Waals surface area contributed by atoms with E-state index in [2.05, 4.69) is 15.0 Å². The minimum absolute atomic E-state index is 0.0358.